The second-order valence-electron chi connectivity index (χ2n) is 4.34. The van der Waals surface area contributed by atoms with Crippen LogP contribution in [-0.4, -0.2) is 29.9 Å². The van der Waals surface area contributed by atoms with Gasteiger partial charge in [0, 0.05) is 25.6 Å². The van der Waals surface area contributed by atoms with Crippen LogP contribution in [0.15, 0.2) is 11.6 Å². The average molecular weight is 194 g/mol. The lowest BCUT2D eigenvalue weighted by molar-refractivity contribution is -0.134. The Labute approximate surface area is 84.9 Å². The highest BCUT2D eigenvalue weighted by molar-refractivity contribution is 5.79. The molecule has 3 heteroatoms. The van der Waals surface area contributed by atoms with Crippen LogP contribution in [0, 0.1) is 0 Å². The first-order chi connectivity index (χ1) is 6.75. The van der Waals surface area contributed by atoms with Gasteiger partial charge in [0.1, 0.15) is 0 Å². The van der Waals surface area contributed by atoms with E-state index in [1.165, 1.54) is 18.4 Å². The molecule has 0 aromatic rings. The fraction of sp³-hybridized carbons (Fsp3) is 0.727. The minimum absolute atomic E-state index is 0.222. The summed E-state index contributed by atoms with van der Waals surface area (Å²) in [5.41, 5.74) is 6.97. The molecule has 1 aliphatic heterocycles. The summed E-state index contributed by atoms with van der Waals surface area (Å²) in [6, 6.07) is 0.222. The number of hydrogen-bond donors (Lipinski definition) is 1. The number of nitrogens with two attached hydrogens (primary N) is 1. The highest BCUT2D eigenvalue weighted by atomic mass is 16.2. The van der Waals surface area contributed by atoms with Gasteiger partial charge in [0.15, 0.2) is 0 Å². The van der Waals surface area contributed by atoms with E-state index in [1.807, 2.05) is 4.90 Å². The van der Waals surface area contributed by atoms with Crippen molar-refractivity contribution in [2.45, 2.75) is 38.1 Å². The Morgan fingerprint density at radius 2 is 2.29 bits per heavy atom. The van der Waals surface area contributed by atoms with E-state index in [2.05, 4.69) is 6.08 Å². The molecule has 3 nitrogen and oxygen atoms in total. The highest BCUT2D eigenvalue weighted by Crippen LogP contribution is 2.21. The Bertz CT molecular complexity index is 254. The molecule has 14 heavy (non-hydrogen) atoms. The van der Waals surface area contributed by atoms with E-state index in [4.69, 9.17) is 5.73 Å². The fourth-order valence-electron chi connectivity index (χ4n) is 2.09. The molecule has 0 unspecified atom stereocenters. The maximum Gasteiger partial charge on any atom is 0.226 e. The van der Waals surface area contributed by atoms with Gasteiger partial charge in [0.2, 0.25) is 5.91 Å². The lowest BCUT2D eigenvalue weighted by Gasteiger charge is -2.37. The van der Waals surface area contributed by atoms with Crippen molar-refractivity contribution >= 4 is 5.91 Å². The second-order valence-corrected chi connectivity index (χ2v) is 4.34. The van der Waals surface area contributed by atoms with Crippen LogP contribution in [0.3, 0.4) is 0 Å². The number of hydrogen-bond acceptors (Lipinski definition) is 2. The van der Waals surface area contributed by atoms with Crippen molar-refractivity contribution in [1.82, 2.24) is 4.90 Å². The number of allylic oxidation sites excluding steroid dienone is 1. The van der Waals surface area contributed by atoms with E-state index in [1.54, 1.807) is 0 Å². The number of rotatable bonds is 2. The quantitative estimate of drug-likeness (QED) is 0.668. The molecule has 0 radical (unpaired) electrons. The van der Waals surface area contributed by atoms with Crippen molar-refractivity contribution in [3.05, 3.63) is 11.6 Å². The maximum atomic E-state index is 11.7. The normalized spacial score (nSPS) is 22.9. The van der Waals surface area contributed by atoms with Crippen LogP contribution in [0.2, 0.25) is 0 Å². The predicted octanol–water partition coefficient (Wildman–Crippen LogP) is 1.05. The molecule has 0 bridgehead atoms. The van der Waals surface area contributed by atoms with Gasteiger partial charge in [-0.1, -0.05) is 11.6 Å². The average Bonchev–Trinajstić information content (AvgIpc) is 2.14. The van der Waals surface area contributed by atoms with E-state index in [-0.39, 0.29) is 11.9 Å². The molecule has 1 fully saturated rings. The molecule has 1 amide bonds. The summed E-state index contributed by atoms with van der Waals surface area (Å²) in [6.45, 7) is 1.51. The number of nitrogens with zero attached hydrogens (tertiary/aromatic N) is 1. The molecule has 0 aromatic carbocycles. The smallest absolute Gasteiger partial charge is 0.226 e. The van der Waals surface area contributed by atoms with Crippen LogP contribution in [-0.2, 0) is 4.79 Å². The van der Waals surface area contributed by atoms with Gasteiger partial charge in [0.25, 0.3) is 0 Å². The Balaban J connectivity index is 1.79. The van der Waals surface area contributed by atoms with E-state index >= 15 is 0 Å². The van der Waals surface area contributed by atoms with Crippen LogP contribution < -0.4 is 5.73 Å². The van der Waals surface area contributed by atoms with Crippen LogP contribution >= 0.6 is 0 Å². The van der Waals surface area contributed by atoms with Crippen LogP contribution in [0.25, 0.3) is 0 Å². The number of amides is 1. The maximum absolute atomic E-state index is 11.7. The van der Waals surface area contributed by atoms with Crippen LogP contribution in [0.1, 0.15) is 32.1 Å². The van der Waals surface area contributed by atoms with Crippen molar-refractivity contribution in [2.75, 3.05) is 13.1 Å². The van der Waals surface area contributed by atoms with E-state index < -0.39 is 0 Å². The molecular formula is C11H18N2O. The fourth-order valence-corrected chi connectivity index (χ4v) is 2.09. The third-order valence-electron chi connectivity index (χ3n) is 3.03. The second kappa shape index (κ2) is 4.13. The zero-order valence-corrected chi connectivity index (χ0v) is 8.54. The minimum atomic E-state index is 0.222. The number of carbonyl (C=O) groups is 1. The first kappa shape index (κ1) is 9.71. The molecule has 2 rings (SSSR count). The first-order valence-corrected chi connectivity index (χ1v) is 5.47. The molecular weight excluding hydrogens is 176 g/mol. The summed E-state index contributed by atoms with van der Waals surface area (Å²) in [4.78, 5) is 13.5. The van der Waals surface area contributed by atoms with Crippen LogP contribution in [0.4, 0.5) is 0 Å². The summed E-state index contributed by atoms with van der Waals surface area (Å²) in [5.74, 6) is 0.264. The zero-order valence-electron chi connectivity index (χ0n) is 8.54. The SMILES string of the molecule is NC1CN(C(=O)CC2=CCCCC2)C1. The summed E-state index contributed by atoms with van der Waals surface area (Å²) < 4.78 is 0. The summed E-state index contributed by atoms with van der Waals surface area (Å²) in [6.07, 6.45) is 7.67. The molecule has 2 aliphatic rings. The van der Waals surface area contributed by atoms with E-state index in [0.29, 0.717) is 6.42 Å². The van der Waals surface area contributed by atoms with Crippen LogP contribution in [0.5, 0.6) is 0 Å². The zero-order chi connectivity index (χ0) is 9.97. The third kappa shape index (κ3) is 2.15. The number of likely N-dealkylation sites (tertiary alicyclic amines) is 1. The Morgan fingerprint density at radius 1 is 1.50 bits per heavy atom. The monoisotopic (exact) mass is 194 g/mol. The van der Waals surface area contributed by atoms with Crippen molar-refractivity contribution in [3.63, 3.8) is 0 Å². The third-order valence-corrected chi connectivity index (χ3v) is 3.03. The van der Waals surface area contributed by atoms with Gasteiger partial charge in [-0.2, -0.15) is 0 Å². The lowest BCUT2D eigenvalue weighted by Crippen LogP contribution is -2.57. The first-order valence-electron chi connectivity index (χ1n) is 5.47. The van der Waals surface area contributed by atoms with Crippen molar-refractivity contribution in [1.29, 1.82) is 0 Å². The Hall–Kier alpha value is -0.830. The molecule has 0 spiro atoms. The van der Waals surface area contributed by atoms with Gasteiger partial charge in [-0.25, -0.2) is 0 Å². The summed E-state index contributed by atoms with van der Waals surface area (Å²) in [5, 5.41) is 0. The summed E-state index contributed by atoms with van der Waals surface area (Å²) in [7, 11) is 0. The number of carbonyl (C=O) groups excluding carboxylic acids is 1. The van der Waals surface area contributed by atoms with E-state index in [9.17, 15) is 4.79 Å². The van der Waals surface area contributed by atoms with Gasteiger partial charge in [-0.05, 0) is 25.7 Å². The predicted molar refractivity (Wildman–Crippen MR) is 55.7 cm³/mol. The highest BCUT2D eigenvalue weighted by Gasteiger charge is 2.27. The Kier molecular flexibility index (Phi) is 2.87. The summed E-state index contributed by atoms with van der Waals surface area (Å²) >= 11 is 0. The molecule has 0 aromatic heterocycles. The van der Waals surface area contributed by atoms with Crippen molar-refractivity contribution in [3.8, 4) is 0 Å². The minimum Gasteiger partial charge on any atom is -0.339 e. The Morgan fingerprint density at radius 3 is 2.86 bits per heavy atom. The molecule has 1 aliphatic carbocycles. The van der Waals surface area contributed by atoms with Gasteiger partial charge < -0.3 is 10.6 Å². The van der Waals surface area contributed by atoms with Crippen molar-refractivity contribution < 1.29 is 4.79 Å². The van der Waals surface area contributed by atoms with Crippen molar-refractivity contribution in [2.24, 2.45) is 5.73 Å². The molecule has 2 N–H and O–H groups in total. The molecule has 1 heterocycles. The van der Waals surface area contributed by atoms with Gasteiger partial charge in [0.05, 0.1) is 0 Å². The van der Waals surface area contributed by atoms with Gasteiger partial charge in [-0.15, -0.1) is 0 Å². The topological polar surface area (TPSA) is 46.3 Å². The molecule has 1 saturated heterocycles. The molecule has 78 valence electrons. The lowest BCUT2D eigenvalue weighted by atomic mass is 9.96. The molecule has 0 saturated carbocycles. The molecule has 0 atom stereocenters. The largest absolute Gasteiger partial charge is 0.339 e. The standard InChI is InChI=1S/C11H18N2O/c12-10-7-13(8-10)11(14)6-9-4-2-1-3-5-9/h4,10H,1-3,5-8,12H2. The van der Waals surface area contributed by atoms with E-state index in [0.717, 1.165) is 25.9 Å². The van der Waals surface area contributed by atoms with Gasteiger partial charge in [-0.3, -0.25) is 4.79 Å². The van der Waals surface area contributed by atoms with Gasteiger partial charge >= 0.3 is 0 Å².